The molecule has 2 aliphatic rings. The van der Waals surface area contributed by atoms with Gasteiger partial charge in [-0.3, -0.25) is 4.90 Å². The molecule has 1 aromatic heterocycles. The molecule has 7 nitrogen and oxygen atoms in total. The maximum absolute atomic E-state index is 11.5. The zero-order chi connectivity index (χ0) is 12.0. The van der Waals surface area contributed by atoms with E-state index in [0.29, 0.717) is 6.54 Å². The van der Waals surface area contributed by atoms with Crippen molar-refractivity contribution in [2.75, 3.05) is 18.1 Å². The van der Waals surface area contributed by atoms with Crippen LogP contribution in [0.25, 0.3) is 0 Å². The molecule has 2 atom stereocenters. The normalized spacial score (nSPS) is 32.5. The number of nitrogens with zero attached hydrogens (tertiary/aromatic N) is 4. The minimum atomic E-state index is -2.97. The van der Waals surface area contributed by atoms with Crippen molar-refractivity contribution in [3.05, 3.63) is 12.2 Å². The molecular formula is C9H15N5O2S. The van der Waals surface area contributed by atoms with Gasteiger partial charge in [0.1, 0.15) is 12.2 Å². The van der Waals surface area contributed by atoms with Crippen molar-refractivity contribution in [2.24, 2.45) is 5.73 Å². The van der Waals surface area contributed by atoms with E-state index in [-0.39, 0.29) is 23.6 Å². The van der Waals surface area contributed by atoms with E-state index in [0.717, 1.165) is 18.9 Å². The van der Waals surface area contributed by atoms with Gasteiger partial charge in [-0.15, -0.1) is 10.2 Å². The summed E-state index contributed by atoms with van der Waals surface area (Å²) in [6.07, 6.45) is 1.71. The number of hydrogen-bond acceptors (Lipinski definition) is 6. The molecule has 0 aliphatic carbocycles. The van der Waals surface area contributed by atoms with Crippen molar-refractivity contribution < 1.29 is 8.42 Å². The average Bonchev–Trinajstić information content (AvgIpc) is 2.81. The minimum absolute atomic E-state index is 0.0783. The molecule has 0 aromatic carbocycles. The van der Waals surface area contributed by atoms with Crippen LogP contribution in [0.4, 0.5) is 0 Å². The standard InChI is InChI=1S/C9H15N5O2S/c10-7-4-17(15,16)5-8(7)13-1-2-14-6-11-12-9(14)3-13/h6-8H,1-5,10H2. The number of fused-ring (bicyclic) bond motifs is 1. The molecule has 17 heavy (non-hydrogen) atoms. The van der Waals surface area contributed by atoms with E-state index in [4.69, 9.17) is 5.73 Å². The quantitative estimate of drug-likeness (QED) is 0.639. The highest BCUT2D eigenvalue weighted by Gasteiger charge is 2.39. The van der Waals surface area contributed by atoms with E-state index >= 15 is 0 Å². The van der Waals surface area contributed by atoms with Gasteiger partial charge in [0, 0.05) is 25.2 Å². The molecule has 2 aliphatic heterocycles. The summed E-state index contributed by atoms with van der Waals surface area (Å²) in [5.41, 5.74) is 5.92. The zero-order valence-corrected chi connectivity index (χ0v) is 10.2. The third-order valence-corrected chi connectivity index (χ3v) is 5.24. The van der Waals surface area contributed by atoms with Gasteiger partial charge < -0.3 is 10.3 Å². The van der Waals surface area contributed by atoms with Crippen LogP contribution in [0.2, 0.25) is 0 Å². The second kappa shape index (κ2) is 3.76. The van der Waals surface area contributed by atoms with Crippen molar-refractivity contribution in [1.82, 2.24) is 19.7 Å². The maximum Gasteiger partial charge on any atom is 0.153 e. The van der Waals surface area contributed by atoms with E-state index in [2.05, 4.69) is 15.1 Å². The summed E-state index contributed by atoms with van der Waals surface area (Å²) in [5, 5.41) is 7.87. The zero-order valence-electron chi connectivity index (χ0n) is 9.36. The van der Waals surface area contributed by atoms with Gasteiger partial charge in [0.2, 0.25) is 0 Å². The summed E-state index contributed by atoms with van der Waals surface area (Å²) in [6, 6.07) is -0.361. The van der Waals surface area contributed by atoms with Gasteiger partial charge in [0.05, 0.1) is 18.1 Å². The summed E-state index contributed by atoms with van der Waals surface area (Å²) in [7, 11) is -2.97. The van der Waals surface area contributed by atoms with Gasteiger partial charge >= 0.3 is 0 Å². The fourth-order valence-corrected chi connectivity index (χ4v) is 4.52. The van der Waals surface area contributed by atoms with Crippen molar-refractivity contribution in [3.63, 3.8) is 0 Å². The Kier molecular flexibility index (Phi) is 2.46. The molecule has 94 valence electrons. The smallest absolute Gasteiger partial charge is 0.153 e. The summed E-state index contributed by atoms with van der Waals surface area (Å²) < 4.78 is 25.1. The monoisotopic (exact) mass is 257 g/mol. The first-order valence-corrected chi connectivity index (χ1v) is 7.44. The molecule has 0 bridgehead atoms. The third kappa shape index (κ3) is 1.96. The van der Waals surface area contributed by atoms with Crippen LogP contribution >= 0.6 is 0 Å². The summed E-state index contributed by atoms with van der Waals surface area (Å²) in [5.74, 6) is 1.15. The van der Waals surface area contributed by atoms with Crippen molar-refractivity contribution in [3.8, 4) is 0 Å². The Morgan fingerprint density at radius 2 is 2.18 bits per heavy atom. The Morgan fingerprint density at radius 1 is 1.35 bits per heavy atom. The average molecular weight is 257 g/mol. The fraction of sp³-hybridized carbons (Fsp3) is 0.778. The summed E-state index contributed by atoms with van der Waals surface area (Å²) in [4.78, 5) is 2.11. The Bertz CT molecular complexity index is 525. The lowest BCUT2D eigenvalue weighted by Gasteiger charge is -2.33. The second-order valence-electron chi connectivity index (χ2n) is 4.72. The molecule has 2 unspecified atom stereocenters. The van der Waals surface area contributed by atoms with E-state index in [9.17, 15) is 8.42 Å². The van der Waals surface area contributed by atoms with Gasteiger partial charge in [-0.05, 0) is 0 Å². The predicted molar refractivity (Wildman–Crippen MR) is 60.8 cm³/mol. The predicted octanol–water partition coefficient (Wildman–Crippen LogP) is -1.78. The first-order chi connectivity index (χ1) is 8.05. The molecule has 0 amide bonds. The summed E-state index contributed by atoms with van der Waals surface area (Å²) in [6.45, 7) is 2.23. The molecule has 1 aromatic rings. The van der Waals surface area contributed by atoms with Crippen molar-refractivity contribution >= 4 is 9.84 Å². The lowest BCUT2D eigenvalue weighted by Crippen LogP contribution is -2.49. The van der Waals surface area contributed by atoms with Crippen molar-refractivity contribution in [2.45, 2.75) is 25.2 Å². The lowest BCUT2D eigenvalue weighted by atomic mass is 10.1. The van der Waals surface area contributed by atoms with Gasteiger partial charge in [-0.25, -0.2) is 8.42 Å². The SMILES string of the molecule is NC1CS(=O)(=O)CC1N1CCn2cnnc2C1. The molecule has 0 spiro atoms. The molecule has 2 N–H and O–H groups in total. The minimum Gasteiger partial charge on any atom is -0.325 e. The van der Waals surface area contributed by atoms with Crippen LogP contribution < -0.4 is 5.73 Å². The van der Waals surface area contributed by atoms with Crippen LogP contribution in [-0.4, -0.2) is 58.2 Å². The topological polar surface area (TPSA) is 94.1 Å². The van der Waals surface area contributed by atoms with Crippen LogP contribution in [0, 0.1) is 0 Å². The van der Waals surface area contributed by atoms with Gasteiger partial charge in [0.25, 0.3) is 0 Å². The molecule has 3 rings (SSSR count). The van der Waals surface area contributed by atoms with Gasteiger partial charge in [0.15, 0.2) is 9.84 Å². The number of nitrogens with two attached hydrogens (primary N) is 1. The molecule has 0 radical (unpaired) electrons. The maximum atomic E-state index is 11.5. The highest BCUT2D eigenvalue weighted by atomic mass is 32.2. The molecule has 8 heteroatoms. The molecular weight excluding hydrogens is 242 g/mol. The number of sulfone groups is 1. The number of rotatable bonds is 1. The highest BCUT2D eigenvalue weighted by Crippen LogP contribution is 2.21. The van der Waals surface area contributed by atoms with Crippen LogP contribution in [0.1, 0.15) is 5.82 Å². The van der Waals surface area contributed by atoms with E-state index in [1.165, 1.54) is 0 Å². The van der Waals surface area contributed by atoms with Crippen LogP contribution in [0.5, 0.6) is 0 Å². The number of aromatic nitrogens is 3. The molecule has 0 saturated carbocycles. The van der Waals surface area contributed by atoms with E-state index in [1.807, 2.05) is 4.57 Å². The van der Waals surface area contributed by atoms with E-state index in [1.54, 1.807) is 6.33 Å². The lowest BCUT2D eigenvalue weighted by molar-refractivity contribution is 0.155. The second-order valence-corrected chi connectivity index (χ2v) is 6.87. The fourth-order valence-electron chi connectivity index (χ4n) is 2.60. The van der Waals surface area contributed by atoms with Gasteiger partial charge in [-0.2, -0.15) is 0 Å². The van der Waals surface area contributed by atoms with Crippen LogP contribution in [0.3, 0.4) is 0 Å². The number of hydrogen-bond donors (Lipinski definition) is 1. The Balaban J connectivity index is 1.79. The van der Waals surface area contributed by atoms with Crippen LogP contribution in [-0.2, 0) is 22.9 Å². The Labute approximate surface area is 99.5 Å². The first-order valence-electron chi connectivity index (χ1n) is 5.62. The largest absolute Gasteiger partial charge is 0.325 e. The van der Waals surface area contributed by atoms with Crippen LogP contribution in [0.15, 0.2) is 6.33 Å². The Morgan fingerprint density at radius 3 is 2.88 bits per heavy atom. The highest BCUT2D eigenvalue weighted by molar-refractivity contribution is 7.91. The van der Waals surface area contributed by atoms with E-state index < -0.39 is 9.84 Å². The first kappa shape index (κ1) is 11.1. The third-order valence-electron chi connectivity index (χ3n) is 3.50. The molecule has 3 heterocycles. The van der Waals surface area contributed by atoms with Crippen molar-refractivity contribution in [1.29, 1.82) is 0 Å². The molecule has 1 fully saturated rings. The molecule has 1 saturated heterocycles. The summed E-state index contributed by atoms with van der Waals surface area (Å²) >= 11 is 0. The van der Waals surface area contributed by atoms with Gasteiger partial charge in [-0.1, -0.05) is 0 Å². The Hall–Kier alpha value is -0.990.